The Kier molecular flexibility index (Phi) is 2.01. The summed E-state index contributed by atoms with van der Waals surface area (Å²) >= 11 is 14.9. The fraction of sp³-hybridized carbons (Fsp3) is 0. The monoisotopic (exact) mass is 149 g/mol. The second-order valence-electron chi connectivity index (χ2n) is 0.542. The van der Waals surface area contributed by atoms with Crippen molar-refractivity contribution < 1.29 is 0 Å². The molecule has 0 aliphatic heterocycles. The van der Waals surface area contributed by atoms with Gasteiger partial charge in [-0.05, 0) is 0 Å². The summed E-state index contributed by atoms with van der Waals surface area (Å²) in [7, 11) is 0. The van der Waals surface area contributed by atoms with Crippen LogP contribution in [0.4, 0.5) is 0 Å². The molecule has 5 heteroatoms. The summed E-state index contributed by atoms with van der Waals surface area (Å²) in [6.07, 6.45) is -2.69. The van der Waals surface area contributed by atoms with Crippen LogP contribution >= 0.6 is 33.2 Å². The summed E-state index contributed by atoms with van der Waals surface area (Å²) in [4.78, 5) is 0. The van der Waals surface area contributed by atoms with Crippen LogP contribution < -0.4 is 5.40 Å². The van der Waals surface area contributed by atoms with Crippen molar-refractivity contribution in [1.82, 2.24) is 0 Å². The molecule has 0 spiro atoms. The van der Waals surface area contributed by atoms with E-state index in [4.69, 9.17) is 38.6 Å². The van der Waals surface area contributed by atoms with E-state index in [9.17, 15) is 0 Å². The van der Waals surface area contributed by atoms with Crippen molar-refractivity contribution in [2.75, 3.05) is 0 Å². The lowest BCUT2D eigenvalue weighted by Gasteiger charge is -1.89. The van der Waals surface area contributed by atoms with Gasteiger partial charge < -0.3 is 5.40 Å². The average Bonchev–Trinajstić information content (AvgIpc) is 0.722. The normalized spacial score (nSPS) is 12.0. The van der Waals surface area contributed by atoms with Gasteiger partial charge in [-0.1, -0.05) is 0 Å². The minimum Gasteiger partial charge on any atom is -0.315 e. The van der Waals surface area contributed by atoms with Gasteiger partial charge in [0.05, 0.1) is 0 Å². The van der Waals surface area contributed by atoms with Crippen LogP contribution in [-0.2, 0) is 0 Å². The van der Waals surface area contributed by atoms with Crippen LogP contribution in [-0.4, -0.2) is 6.16 Å². The average molecular weight is 150 g/mol. The quantitative estimate of drug-likeness (QED) is 0.406. The van der Waals surface area contributed by atoms with Gasteiger partial charge in [0.2, 0.25) is 0 Å². The molecule has 0 aromatic carbocycles. The maximum atomic E-state index is 4.98. The molecule has 0 atom stereocenters. The van der Waals surface area contributed by atoms with E-state index in [2.05, 4.69) is 0 Å². The predicted molar refractivity (Wildman–Crippen MR) is 27.5 cm³/mol. The molecule has 0 fully saturated rings. The molecule has 0 unspecified atom stereocenters. The third-order valence-electron chi connectivity index (χ3n) is 0. The highest BCUT2D eigenvalue weighted by Crippen LogP contribution is 2.09. The number of rotatable bonds is 0. The highest BCUT2D eigenvalue weighted by molar-refractivity contribution is 7.63. The zero-order valence-electron chi connectivity index (χ0n) is 2.21. The van der Waals surface area contributed by atoms with Crippen LogP contribution in [0.15, 0.2) is 0 Å². The Morgan fingerprint density at radius 1 is 1.20 bits per heavy atom. The minimum atomic E-state index is -2.69. The smallest absolute Gasteiger partial charge is 0.315 e. The van der Waals surface area contributed by atoms with Gasteiger partial charge in [0, 0.05) is 0 Å². The van der Waals surface area contributed by atoms with E-state index < -0.39 is 6.16 Å². The van der Waals surface area contributed by atoms with Crippen molar-refractivity contribution in [3.63, 3.8) is 0 Å². The lowest BCUT2D eigenvalue weighted by Crippen LogP contribution is -2.23. The zero-order valence-corrected chi connectivity index (χ0v) is 5.48. The first-order chi connectivity index (χ1) is 2.00. The van der Waals surface area contributed by atoms with Crippen LogP contribution in [0, 0.1) is 0 Å². The van der Waals surface area contributed by atoms with Gasteiger partial charge in [-0.2, -0.15) is 0 Å². The Hall–Kier alpha value is 1.05. The molecule has 0 aromatic heterocycles. The van der Waals surface area contributed by atoms with E-state index >= 15 is 0 Å². The van der Waals surface area contributed by atoms with Crippen LogP contribution in [0.5, 0.6) is 0 Å². The molecule has 1 nitrogen and oxygen atoms in total. The molecular weight excluding hydrogens is 148 g/mol. The fourth-order valence-corrected chi connectivity index (χ4v) is 0. The molecule has 0 saturated heterocycles. The topological polar surface area (TPSA) is 26.0 Å². The summed E-state index contributed by atoms with van der Waals surface area (Å²) in [6, 6.07) is 0. The van der Waals surface area contributed by atoms with E-state index in [0.717, 1.165) is 0 Å². The minimum absolute atomic E-state index is 2.69. The fourth-order valence-electron chi connectivity index (χ4n) is 0. The van der Waals surface area contributed by atoms with Crippen LogP contribution in [0.25, 0.3) is 0 Å². The summed E-state index contributed by atoms with van der Waals surface area (Å²) in [5.74, 6) is 0. The molecular formula is H2Cl3NSi. The molecule has 0 bridgehead atoms. The van der Waals surface area contributed by atoms with E-state index in [0.29, 0.717) is 0 Å². The summed E-state index contributed by atoms with van der Waals surface area (Å²) < 4.78 is 0. The Bertz CT molecular complexity index is 22.4. The molecule has 0 rings (SSSR count). The van der Waals surface area contributed by atoms with Gasteiger partial charge >= 0.3 is 6.16 Å². The maximum absolute atomic E-state index is 4.98. The first-order valence-corrected chi connectivity index (χ1v) is 5.97. The molecule has 0 heterocycles. The van der Waals surface area contributed by atoms with Crippen molar-refractivity contribution in [2.45, 2.75) is 0 Å². The number of halogens is 3. The molecule has 0 aromatic rings. The number of nitrogens with two attached hydrogens (primary N) is 1. The summed E-state index contributed by atoms with van der Waals surface area (Å²) in [6.45, 7) is 0. The molecule has 0 aliphatic rings. The summed E-state index contributed by atoms with van der Waals surface area (Å²) in [5, 5.41) is 4.79. The molecule has 0 radical (unpaired) electrons. The molecule has 0 amide bonds. The predicted octanol–water partition coefficient (Wildman–Crippen LogP) is 1.10. The van der Waals surface area contributed by atoms with E-state index in [-0.39, 0.29) is 0 Å². The van der Waals surface area contributed by atoms with Gasteiger partial charge in [-0.15, -0.1) is 33.2 Å². The standard InChI is InChI=1S/Cl3H2NSi/c1-5(2,3)4/h4H2. The van der Waals surface area contributed by atoms with Crippen molar-refractivity contribution in [3.05, 3.63) is 0 Å². The molecule has 32 valence electrons. The maximum Gasteiger partial charge on any atom is 0.419 e. The lowest BCUT2D eigenvalue weighted by molar-refractivity contribution is 1.94. The van der Waals surface area contributed by atoms with E-state index in [1.54, 1.807) is 0 Å². The van der Waals surface area contributed by atoms with Crippen LogP contribution in [0.2, 0.25) is 0 Å². The zero-order chi connectivity index (χ0) is 4.50. The first-order valence-electron chi connectivity index (χ1n) is 0.856. The first kappa shape index (κ1) is 6.05. The van der Waals surface area contributed by atoms with Gasteiger partial charge in [0.1, 0.15) is 0 Å². The van der Waals surface area contributed by atoms with Crippen molar-refractivity contribution in [1.29, 1.82) is 0 Å². The third-order valence-corrected chi connectivity index (χ3v) is 0. The highest BCUT2D eigenvalue weighted by Gasteiger charge is 2.15. The highest BCUT2D eigenvalue weighted by atomic mass is 35.8. The number of hydrogen-bond donors (Lipinski definition) is 1. The Labute approximate surface area is 45.2 Å². The second kappa shape index (κ2) is 1.66. The largest absolute Gasteiger partial charge is 0.419 e. The van der Waals surface area contributed by atoms with E-state index in [1.807, 2.05) is 0 Å². The lowest BCUT2D eigenvalue weighted by atomic mass is 13.9. The number of hydrogen-bond acceptors (Lipinski definition) is 1. The Morgan fingerprint density at radius 3 is 1.20 bits per heavy atom. The summed E-state index contributed by atoms with van der Waals surface area (Å²) in [5.41, 5.74) is 0. The molecule has 0 aliphatic carbocycles. The van der Waals surface area contributed by atoms with Crippen molar-refractivity contribution in [2.24, 2.45) is 5.40 Å². The van der Waals surface area contributed by atoms with E-state index in [1.165, 1.54) is 0 Å². The molecule has 5 heavy (non-hydrogen) atoms. The Balaban J connectivity index is 3.02. The van der Waals surface area contributed by atoms with Gasteiger partial charge in [0.15, 0.2) is 0 Å². The van der Waals surface area contributed by atoms with Crippen LogP contribution in [0.3, 0.4) is 0 Å². The van der Waals surface area contributed by atoms with Gasteiger partial charge in [0.25, 0.3) is 0 Å². The van der Waals surface area contributed by atoms with Gasteiger partial charge in [-0.3, -0.25) is 0 Å². The van der Waals surface area contributed by atoms with Gasteiger partial charge in [-0.25, -0.2) is 0 Å². The van der Waals surface area contributed by atoms with Crippen molar-refractivity contribution in [3.8, 4) is 0 Å². The molecule has 0 saturated carbocycles. The Morgan fingerprint density at radius 2 is 1.20 bits per heavy atom. The van der Waals surface area contributed by atoms with Crippen LogP contribution in [0.1, 0.15) is 0 Å². The molecule has 2 N–H and O–H groups in total. The third kappa shape index (κ3) is 42.8. The second-order valence-corrected chi connectivity index (χ2v) is 8.73. The van der Waals surface area contributed by atoms with Crippen molar-refractivity contribution >= 4 is 39.4 Å². The SMILES string of the molecule is N[Si](Cl)(Cl)Cl.